The van der Waals surface area contributed by atoms with Gasteiger partial charge in [-0.3, -0.25) is 9.59 Å². The Kier molecular flexibility index (Phi) is 9.41. The lowest BCUT2D eigenvalue weighted by atomic mass is 10.2. The predicted octanol–water partition coefficient (Wildman–Crippen LogP) is 3.61. The van der Waals surface area contributed by atoms with Gasteiger partial charge in [-0.15, -0.1) is 0 Å². The molecular formula is C25H26I2N6O4. The molecule has 1 N–H and O–H groups in total. The van der Waals surface area contributed by atoms with Crippen molar-refractivity contribution in [3.05, 3.63) is 35.8 Å². The lowest BCUT2D eigenvalue weighted by Crippen LogP contribution is -2.29. The monoisotopic (exact) mass is 728 g/mol. The average Bonchev–Trinajstić information content (AvgIpc) is 3.53. The molecule has 1 aliphatic rings. The van der Waals surface area contributed by atoms with Crippen LogP contribution in [0.4, 0.5) is 5.82 Å². The summed E-state index contributed by atoms with van der Waals surface area (Å²) in [5.74, 6) is 7.89. The van der Waals surface area contributed by atoms with Crippen molar-refractivity contribution in [1.29, 1.82) is 0 Å². The van der Waals surface area contributed by atoms with E-state index in [4.69, 9.17) is 14.6 Å². The number of hydrogen-bond donors (Lipinski definition) is 1. The lowest BCUT2D eigenvalue weighted by molar-refractivity contribution is -0.129. The number of nitrogens with one attached hydrogen (secondary N) is 1. The molecule has 0 saturated carbocycles. The largest absolute Gasteiger partial charge is 0.497 e. The molecule has 12 heteroatoms. The first-order valence-corrected chi connectivity index (χ1v) is 14.7. The Labute approximate surface area is 242 Å². The quantitative estimate of drug-likeness (QED) is 0.215. The number of ether oxygens (including phenoxy) is 2. The van der Waals surface area contributed by atoms with Crippen molar-refractivity contribution in [3.8, 4) is 23.3 Å². The van der Waals surface area contributed by atoms with Gasteiger partial charge < -0.3 is 19.7 Å². The molecule has 0 spiro atoms. The number of halogens is 2. The maximum absolute atomic E-state index is 12.5. The number of benzene rings is 1. The van der Waals surface area contributed by atoms with Gasteiger partial charge in [-0.05, 0) is 24.5 Å². The second-order valence-electron chi connectivity index (χ2n) is 8.27. The Hall–Kier alpha value is -2.67. The molecule has 1 fully saturated rings. The summed E-state index contributed by atoms with van der Waals surface area (Å²) in [6, 6.07) is 5.33. The number of anilines is 1. The highest BCUT2D eigenvalue weighted by Crippen LogP contribution is 2.30. The molecule has 0 aliphatic carbocycles. The first-order chi connectivity index (χ1) is 18.0. The van der Waals surface area contributed by atoms with Crippen LogP contribution in [0.15, 0.2) is 24.5 Å². The van der Waals surface area contributed by atoms with E-state index in [1.807, 2.05) is 21.7 Å². The van der Waals surface area contributed by atoms with Crippen LogP contribution in [0, 0.1) is 11.8 Å². The molecule has 194 valence electrons. The molecule has 4 rings (SSSR count). The van der Waals surface area contributed by atoms with E-state index in [2.05, 4.69) is 72.3 Å². The lowest BCUT2D eigenvalue weighted by Gasteiger charge is -2.16. The number of fused-ring (bicyclic) bond motifs is 1. The van der Waals surface area contributed by atoms with Gasteiger partial charge in [-0.1, -0.05) is 51.1 Å². The molecular weight excluding hydrogens is 702 g/mol. The van der Waals surface area contributed by atoms with Crippen LogP contribution in [0.5, 0.6) is 11.5 Å². The number of amides is 2. The zero-order valence-electron chi connectivity index (χ0n) is 20.5. The standard InChI is InChI=1S/C25H26I2N6O4/c1-36-18-11-16(12-19(13-18)37-2)3-4-20-23-24(30-21(34)5-8-26)28-15-29-25(23)33(31-20)17-7-10-32(14-17)22(35)6-9-27/h11-13,15,17H,5-10,14H2,1-2H3,(H,28,29,30,34)/t17-/m0/s1. The summed E-state index contributed by atoms with van der Waals surface area (Å²) in [6.07, 6.45) is 3.05. The van der Waals surface area contributed by atoms with Crippen LogP contribution in [0.3, 0.4) is 0 Å². The maximum atomic E-state index is 12.5. The van der Waals surface area contributed by atoms with Crippen molar-refractivity contribution in [2.24, 2.45) is 0 Å². The topological polar surface area (TPSA) is 111 Å². The van der Waals surface area contributed by atoms with Crippen molar-refractivity contribution in [1.82, 2.24) is 24.6 Å². The van der Waals surface area contributed by atoms with E-state index >= 15 is 0 Å². The summed E-state index contributed by atoms with van der Waals surface area (Å²) in [4.78, 5) is 35.6. The third-order valence-electron chi connectivity index (χ3n) is 5.92. The van der Waals surface area contributed by atoms with Crippen LogP contribution >= 0.6 is 45.2 Å². The van der Waals surface area contributed by atoms with Gasteiger partial charge in [-0.25, -0.2) is 14.6 Å². The molecule has 1 atom stereocenters. The van der Waals surface area contributed by atoms with E-state index in [1.54, 1.807) is 20.3 Å². The predicted molar refractivity (Wildman–Crippen MR) is 157 cm³/mol. The molecule has 0 unspecified atom stereocenters. The highest BCUT2D eigenvalue weighted by atomic mass is 127. The Morgan fingerprint density at radius 3 is 2.49 bits per heavy atom. The molecule has 10 nitrogen and oxygen atoms in total. The molecule has 0 bridgehead atoms. The molecule has 3 heterocycles. The van der Waals surface area contributed by atoms with Crippen molar-refractivity contribution in [3.63, 3.8) is 0 Å². The number of carbonyl (C=O) groups is 2. The summed E-state index contributed by atoms with van der Waals surface area (Å²) < 4.78 is 14.0. The summed E-state index contributed by atoms with van der Waals surface area (Å²) in [7, 11) is 3.16. The normalized spacial score (nSPS) is 14.8. The van der Waals surface area contributed by atoms with E-state index in [0.717, 1.165) is 10.8 Å². The molecule has 1 saturated heterocycles. The van der Waals surface area contributed by atoms with E-state index < -0.39 is 0 Å². The molecule has 2 amide bonds. The van der Waals surface area contributed by atoms with Crippen LogP contribution in [-0.4, -0.2) is 72.6 Å². The second kappa shape index (κ2) is 12.7. The van der Waals surface area contributed by atoms with E-state index in [-0.39, 0.29) is 17.9 Å². The van der Waals surface area contributed by atoms with Crippen molar-refractivity contribution >= 4 is 73.8 Å². The smallest absolute Gasteiger partial charge is 0.226 e. The van der Waals surface area contributed by atoms with Crippen LogP contribution < -0.4 is 14.8 Å². The van der Waals surface area contributed by atoms with Gasteiger partial charge in [0.15, 0.2) is 5.65 Å². The summed E-state index contributed by atoms with van der Waals surface area (Å²) >= 11 is 4.37. The fourth-order valence-corrected chi connectivity index (χ4v) is 5.06. The Balaban J connectivity index is 1.77. The first kappa shape index (κ1) is 27.4. The molecule has 37 heavy (non-hydrogen) atoms. The Morgan fingerprint density at radius 2 is 1.81 bits per heavy atom. The highest BCUT2D eigenvalue weighted by molar-refractivity contribution is 14.1. The number of alkyl halides is 2. The molecule has 1 aromatic carbocycles. The number of hydrogen-bond acceptors (Lipinski definition) is 7. The third kappa shape index (κ3) is 6.43. The minimum atomic E-state index is -0.143. The van der Waals surface area contributed by atoms with Crippen molar-refractivity contribution < 1.29 is 19.1 Å². The van der Waals surface area contributed by atoms with Crippen molar-refractivity contribution in [2.45, 2.75) is 25.3 Å². The second-order valence-corrected chi connectivity index (χ2v) is 10.4. The van der Waals surface area contributed by atoms with Crippen molar-refractivity contribution in [2.75, 3.05) is 41.5 Å². The SMILES string of the molecule is COc1cc(C#Cc2nn([C@H]3CCN(C(=O)CCI)C3)c3ncnc(NC(=O)CCI)c23)cc(OC)c1. The van der Waals surface area contributed by atoms with Gasteiger partial charge in [0, 0.05) is 46.4 Å². The average molecular weight is 728 g/mol. The Morgan fingerprint density at radius 1 is 1.08 bits per heavy atom. The van der Waals surface area contributed by atoms with Gasteiger partial charge in [0.1, 0.15) is 29.3 Å². The zero-order chi connectivity index (χ0) is 26.4. The summed E-state index contributed by atoms with van der Waals surface area (Å²) in [6.45, 7) is 1.21. The van der Waals surface area contributed by atoms with Crippen LogP contribution in [0.2, 0.25) is 0 Å². The first-order valence-electron chi connectivity index (χ1n) is 11.6. The fraction of sp³-hybridized carbons (Fsp3) is 0.400. The van der Waals surface area contributed by atoms with Crippen LogP contribution in [0.1, 0.15) is 36.6 Å². The maximum Gasteiger partial charge on any atom is 0.226 e. The van der Waals surface area contributed by atoms with Gasteiger partial charge in [-0.2, -0.15) is 5.10 Å². The fourth-order valence-electron chi connectivity index (χ4n) is 4.11. The highest BCUT2D eigenvalue weighted by Gasteiger charge is 2.30. The number of likely N-dealkylation sites (tertiary alicyclic amines) is 1. The van der Waals surface area contributed by atoms with Gasteiger partial charge in [0.05, 0.1) is 25.6 Å². The summed E-state index contributed by atoms with van der Waals surface area (Å²) in [5, 5.41) is 8.27. The minimum absolute atomic E-state index is 0.0547. The zero-order valence-corrected chi connectivity index (χ0v) is 24.8. The molecule has 2 aromatic heterocycles. The van der Waals surface area contributed by atoms with Crippen LogP contribution in [0.25, 0.3) is 11.0 Å². The molecule has 3 aromatic rings. The van der Waals surface area contributed by atoms with Gasteiger partial charge >= 0.3 is 0 Å². The van der Waals surface area contributed by atoms with E-state index in [0.29, 0.717) is 70.0 Å². The number of nitrogens with zero attached hydrogens (tertiary/aromatic N) is 5. The number of rotatable bonds is 8. The molecule has 1 aliphatic heterocycles. The molecule has 0 radical (unpaired) electrons. The minimum Gasteiger partial charge on any atom is -0.497 e. The van der Waals surface area contributed by atoms with E-state index in [9.17, 15) is 9.59 Å². The van der Waals surface area contributed by atoms with Crippen LogP contribution in [-0.2, 0) is 9.59 Å². The third-order valence-corrected chi connectivity index (χ3v) is 6.99. The number of methoxy groups -OCH3 is 2. The number of carbonyl (C=O) groups excluding carboxylic acids is 2. The Bertz CT molecular complexity index is 1340. The number of aromatic nitrogens is 4. The van der Waals surface area contributed by atoms with E-state index in [1.165, 1.54) is 6.33 Å². The van der Waals surface area contributed by atoms with Gasteiger partial charge in [0.25, 0.3) is 0 Å². The summed E-state index contributed by atoms with van der Waals surface area (Å²) in [5.41, 5.74) is 1.70. The van der Waals surface area contributed by atoms with Gasteiger partial charge in [0.2, 0.25) is 11.8 Å².